The Morgan fingerprint density at radius 2 is 1.76 bits per heavy atom. The van der Waals surface area contributed by atoms with Crippen molar-refractivity contribution in [2.24, 2.45) is 0 Å². The second-order valence-electron chi connectivity index (χ2n) is 3.75. The van der Waals surface area contributed by atoms with Crippen LogP contribution in [0.15, 0.2) is 29.6 Å². The van der Waals surface area contributed by atoms with Crippen LogP contribution in [0.2, 0.25) is 0 Å². The van der Waals surface area contributed by atoms with Gasteiger partial charge < -0.3 is 9.47 Å². The molecule has 0 aliphatic carbocycles. The van der Waals surface area contributed by atoms with E-state index in [0.29, 0.717) is 0 Å². The van der Waals surface area contributed by atoms with E-state index in [0.717, 1.165) is 16.3 Å². The Morgan fingerprint density at radius 3 is 2.35 bits per heavy atom. The molecule has 1 aromatic carbocycles. The number of aryl methyl sites for hydroxylation is 1. The van der Waals surface area contributed by atoms with Gasteiger partial charge in [-0.3, -0.25) is 0 Å². The van der Waals surface area contributed by atoms with Gasteiger partial charge in [0.1, 0.15) is 10.7 Å². The predicted molar refractivity (Wildman–Crippen MR) is 69.0 cm³/mol. The predicted octanol–water partition coefficient (Wildman–Crippen LogP) is 3.41. The number of hydrogen-bond donors (Lipinski definition) is 0. The van der Waals surface area contributed by atoms with Crippen molar-refractivity contribution in [1.29, 1.82) is 0 Å². The van der Waals surface area contributed by atoms with Crippen LogP contribution in [0.4, 0.5) is 0 Å². The standard InChI is InChI=1S/C13H15NO2S/c1-9-4-6-10(7-5-9)12-14-11(8-17-12)13(15-2)16-3/h4-8,13H,1-3H3. The molecule has 0 radical (unpaired) electrons. The minimum atomic E-state index is -0.384. The van der Waals surface area contributed by atoms with E-state index in [1.807, 2.05) is 5.38 Å². The third kappa shape index (κ3) is 2.72. The molecule has 0 fully saturated rings. The fourth-order valence-electron chi connectivity index (χ4n) is 1.56. The van der Waals surface area contributed by atoms with E-state index in [-0.39, 0.29) is 6.29 Å². The van der Waals surface area contributed by atoms with Gasteiger partial charge in [0, 0.05) is 25.2 Å². The summed E-state index contributed by atoms with van der Waals surface area (Å²) in [5.41, 5.74) is 3.19. The van der Waals surface area contributed by atoms with Crippen molar-refractivity contribution in [3.8, 4) is 10.6 Å². The number of benzene rings is 1. The Kier molecular flexibility index (Phi) is 3.89. The fourth-order valence-corrected chi connectivity index (χ4v) is 2.39. The van der Waals surface area contributed by atoms with Crippen LogP contribution in [0.1, 0.15) is 17.5 Å². The van der Waals surface area contributed by atoms with Crippen molar-refractivity contribution in [3.05, 3.63) is 40.9 Å². The van der Waals surface area contributed by atoms with E-state index >= 15 is 0 Å². The molecule has 0 N–H and O–H groups in total. The summed E-state index contributed by atoms with van der Waals surface area (Å²) in [4.78, 5) is 4.52. The smallest absolute Gasteiger partial charge is 0.201 e. The maximum atomic E-state index is 5.18. The molecule has 0 amide bonds. The van der Waals surface area contributed by atoms with Crippen LogP contribution in [0.5, 0.6) is 0 Å². The van der Waals surface area contributed by atoms with E-state index in [2.05, 4.69) is 36.2 Å². The van der Waals surface area contributed by atoms with Crippen molar-refractivity contribution in [1.82, 2.24) is 4.98 Å². The van der Waals surface area contributed by atoms with Gasteiger partial charge in [-0.05, 0) is 6.92 Å². The summed E-state index contributed by atoms with van der Waals surface area (Å²) in [6, 6.07) is 8.32. The molecule has 0 saturated heterocycles. The first kappa shape index (κ1) is 12.2. The molecule has 1 heterocycles. The van der Waals surface area contributed by atoms with Gasteiger partial charge in [0.15, 0.2) is 0 Å². The number of hydrogen-bond acceptors (Lipinski definition) is 4. The van der Waals surface area contributed by atoms with Crippen LogP contribution < -0.4 is 0 Å². The highest BCUT2D eigenvalue weighted by Crippen LogP contribution is 2.27. The zero-order chi connectivity index (χ0) is 12.3. The number of thiazole rings is 1. The Balaban J connectivity index is 2.26. The monoisotopic (exact) mass is 249 g/mol. The van der Waals surface area contributed by atoms with Crippen LogP contribution in [-0.2, 0) is 9.47 Å². The van der Waals surface area contributed by atoms with Crippen LogP contribution in [0.3, 0.4) is 0 Å². The SMILES string of the molecule is COC(OC)c1csc(-c2ccc(C)cc2)n1. The molecule has 0 spiro atoms. The molecule has 90 valence electrons. The minimum absolute atomic E-state index is 0.384. The average molecular weight is 249 g/mol. The van der Waals surface area contributed by atoms with E-state index in [1.54, 1.807) is 25.6 Å². The van der Waals surface area contributed by atoms with Crippen LogP contribution in [-0.4, -0.2) is 19.2 Å². The minimum Gasteiger partial charge on any atom is -0.350 e. The van der Waals surface area contributed by atoms with Gasteiger partial charge in [0.05, 0.1) is 0 Å². The summed E-state index contributed by atoms with van der Waals surface area (Å²) in [5.74, 6) is 0. The lowest BCUT2D eigenvalue weighted by atomic mass is 10.2. The molecular weight excluding hydrogens is 234 g/mol. The lowest BCUT2D eigenvalue weighted by Gasteiger charge is -2.09. The first-order valence-electron chi connectivity index (χ1n) is 5.32. The molecule has 0 bridgehead atoms. The molecule has 0 unspecified atom stereocenters. The van der Waals surface area contributed by atoms with Crippen molar-refractivity contribution < 1.29 is 9.47 Å². The molecule has 0 atom stereocenters. The van der Waals surface area contributed by atoms with Crippen molar-refractivity contribution >= 4 is 11.3 Å². The quantitative estimate of drug-likeness (QED) is 0.778. The molecule has 3 nitrogen and oxygen atoms in total. The Bertz CT molecular complexity index is 474. The number of nitrogens with zero attached hydrogens (tertiary/aromatic N) is 1. The van der Waals surface area contributed by atoms with E-state index in [4.69, 9.17) is 9.47 Å². The maximum Gasteiger partial charge on any atom is 0.201 e. The van der Waals surface area contributed by atoms with Gasteiger partial charge >= 0.3 is 0 Å². The van der Waals surface area contributed by atoms with Gasteiger partial charge in [-0.2, -0.15) is 0 Å². The van der Waals surface area contributed by atoms with Crippen molar-refractivity contribution in [2.45, 2.75) is 13.2 Å². The number of aromatic nitrogens is 1. The summed E-state index contributed by atoms with van der Waals surface area (Å²) < 4.78 is 10.4. The molecule has 4 heteroatoms. The van der Waals surface area contributed by atoms with Crippen LogP contribution in [0, 0.1) is 6.92 Å². The zero-order valence-electron chi connectivity index (χ0n) is 10.1. The molecule has 2 aromatic rings. The van der Waals surface area contributed by atoms with Gasteiger partial charge in [-0.1, -0.05) is 29.8 Å². The summed E-state index contributed by atoms with van der Waals surface area (Å²) in [7, 11) is 3.22. The number of ether oxygens (including phenoxy) is 2. The van der Waals surface area contributed by atoms with E-state index in [1.165, 1.54) is 5.56 Å². The highest BCUT2D eigenvalue weighted by atomic mass is 32.1. The molecular formula is C13H15NO2S. The largest absolute Gasteiger partial charge is 0.350 e. The van der Waals surface area contributed by atoms with Gasteiger partial charge in [0.25, 0.3) is 0 Å². The topological polar surface area (TPSA) is 31.4 Å². The molecule has 0 aliphatic heterocycles. The second-order valence-corrected chi connectivity index (χ2v) is 4.60. The Labute approximate surface area is 105 Å². The lowest BCUT2D eigenvalue weighted by Crippen LogP contribution is -2.03. The highest BCUT2D eigenvalue weighted by Gasteiger charge is 2.13. The van der Waals surface area contributed by atoms with Gasteiger partial charge in [0.2, 0.25) is 6.29 Å². The lowest BCUT2D eigenvalue weighted by molar-refractivity contribution is -0.108. The first-order valence-corrected chi connectivity index (χ1v) is 6.20. The Hall–Kier alpha value is -1.23. The normalized spacial score (nSPS) is 11.1. The van der Waals surface area contributed by atoms with E-state index in [9.17, 15) is 0 Å². The summed E-state index contributed by atoms with van der Waals surface area (Å²) in [6.07, 6.45) is -0.384. The zero-order valence-corrected chi connectivity index (χ0v) is 11.0. The molecule has 1 aromatic heterocycles. The maximum absolute atomic E-state index is 5.18. The number of methoxy groups -OCH3 is 2. The summed E-state index contributed by atoms with van der Waals surface area (Å²) >= 11 is 1.60. The van der Waals surface area contributed by atoms with Crippen molar-refractivity contribution in [3.63, 3.8) is 0 Å². The van der Waals surface area contributed by atoms with Crippen LogP contribution in [0.25, 0.3) is 10.6 Å². The van der Waals surface area contributed by atoms with Gasteiger partial charge in [-0.25, -0.2) is 4.98 Å². The summed E-state index contributed by atoms with van der Waals surface area (Å²) in [5, 5.41) is 2.95. The highest BCUT2D eigenvalue weighted by molar-refractivity contribution is 7.13. The molecule has 0 saturated carbocycles. The average Bonchev–Trinajstić information content (AvgIpc) is 2.81. The summed E-state index contributed by atoms with van der Waals surface area (Å²) in [6.45, 7) is 2.07. The van der Waals surface area contributed by atoms with Crippen molar-refractivity contribution in [2.75, 3.05) is 14.2 Å². The van der Waals surface area contributed by atoms with Crippen LogP contribution >= 0.6 is 11.3 Å². The van der Waals surface area contributed by atoms with Gasteiger partial charge in [-0.15, -0.1) is 11.3 Å². The third-order valence-electron chi connectivity index (χ3n) is 2.49. The second kappa shape index (κ2) is 5.40. The number of rotatable bonds is 4. The molecule has 2 rings (SSSR count). The Morgan fingerprint density at radius 1 is 1.12 bits per heavy atom. The molecule has 17 heavy (non-hydrogen) atoms. The van der Waals surface area contributed by atoms with E-state index < -0.39 is 0 Å². The fraction of sp³-hybridized carbons (Fsp3) is 0.308. The third-order valence-corrected chi connectivity index (χ3v) is 3.40. The molecule has 0 aliphatic rings. The first-order chi connectivity index (χ1) is 8.24.